The molecule has 1 aliphatic rings. The highest BCUT2D eigenvalue weighted by Crippen LogP contribution is 2.33. The van der Waals surface area contributed by atoms with Gasteiger partial charge in [-0.3, -0.25) is 4.90 Å². The minimum absolute atomic E-state index is 0.0950. The second-order valence-electron chi connectivity index (χ2n) is 5.47. The number of nitrogens with two attached hydrogens (primary N) is 1. The Morgan fingerprint density at radius 3 is 2.67 bits per heavy atom. The van der Waals surface area contributed by atoms with E-state index in [2.05, 4.69) is 4.90 Å². The predicted octanol–water partition coefficient (Wildman–Crippen LogP) is 2.95. The van der Waals surface area contributed by atoms with Gasteiger partial charge in [-0.05, 0) is 51.8 Å². The molecule has 1 aromatic carbocycles. The third kappa shape index (κ3) is 3.30. The largest absolute Gasteiger partial charge is 0.327 e. The molecule has 1 aliphatic carbocycles. The van der Waals surface area contributed by atoms with Crippen molar-refractivity contribution in [2.24, 2.45) is 11.7 Å². The lowest BCUT2D eigenvalue weighted by molar-refractivity contribution is 0.243. The molecule has 0 amide bonds. The van der Waals surface area contributed by atoms with Crippen LogP contribution in [0.25, 0.3) is 0 Å². The zero-order valence-electron chi connectivity index (χ0n) is 11.3. The fraction of sp³-hybridized carbons (Fsp3) is 0.600. The minimum atomic E-state index is -0.122. The molecule has 2 N–H and O–H groups in total. The van der Waals surface area contributed by atoms with Gasteiger partial charge in [0.05, 0.1) is 0 Å². The van der Waals surface area contributed by atoms with E-state index in [9.17, 15) is 4.39 Å². The molecule has 0 bridgehead atoms. The third-order valence-corrected chi connectivity index (χ3v) is 4.06. The molecule has 0 heterocycles. The normalized spacial score (nSPS) is 18.9. The molecule has 0 radical (unpaired) electrons. The SMILES string of the molecule is CC(c1ccccc1F)N(C)CCC(N)C1CC1. The molecule has 1 aromatic rings. The Morgan fingerprint density at radius 1 is 1.39 bits per heavy atom. The van der Waals surface area contributed by atoms with E-state index in [1.54, 1.807) is 6.07 Å². The highest BCUT2D eigenvalue weighted by molar-refractivity contribution is 5.20. The minimum Gasteiger partial charge on any atom is -0.327 e. The zero-order valence-corrected chi connectivity index (χ0v) is 11.3. The van der Waals surface area contributed by atoms with Gasteiger partial charge in [0, 0.05) is 17.6 Å². The van der Waals surface area contributed by atoms with E-state index in [-0.39, 0.29) is 11.9 Å². The van der Waals surface area contributed by atoms with Crippen LogP contribution in [0, 0.1) is 11.7 Å². The molecule has 0 spiro atoms. The summed E-state index contributed by atoms with van der Waals surface area (Å²) in [6.45, 7) is 2.97. The number of benzene rings is 1. The van der Waals surface area contributed by atoms with Crippen molar-refractivity contribution in [1.29, 1.82) is 0 Å². The van der Waals surface area contributed by atoms with Crippen molar-refractivity contribution < 1.29 is 4.39 Å². The highest BCUT2D eigenvalue weighted by atomic mass is 19.1. The van der Waals surface area contributed by atoms with E-state index in [0.717, 1.165) is 24.4 Å². The molecule has 2 nitrogen and oxygen atoms in total. The van der Waals surface area contributed by atoms with E-state index in [4.69, 9.17) is 5.73 Å². The van der Waals surface area contributed by atoms with Crippen LogP contribution < -0.4 is 5.73 Å². The molecule has 0 saturated heterocycles. The van der Waals surface area contributed by atoms with Crippen molar-refractivity contribution >= 4 is 0 Å². The lowest BCUT2D eigenvalue weighted by atomic mass is 10.1. The quantitative estimate of drug-likeness (QED) is 0.841. The number of halogens is 1. The zero-order chi connectivity index (χ0) is 13.1. The lowest BCUT2D eigenvalue weighted by Gasteiger charge is -2.26. The summed E-state index contributed by atoms with van der Waals surface area (Å²) in [5, 5.41) is 0. The van der Waals surface area contributed by atoms with Crippen molar-refractivity contribution in [3.8, 4) is 0 Å². The van der Waals surface area contributed by atoms with Crippen LogP contribution >= 0.6 is 0 Å². The maximum absolute atomic E-state index is 13.7. The molecule has 2 atom stereocenters. The molecule has 2 unspecified atom stereocenters. The monoisotopic (exact) mass is 250 g/mol. The molecular formula is C15H23FN2. The van der Waals surface area contributed by atoms with Gasteiger partial charge in [-0.1, -0.05) is 18.2 Å². The van der Waals surface area contributed by atoms with Crippen LogP contribution in [0.2, 0.25) is 0 Å². The van der Waals surface area contributed by atoms with Crippen molar-refractivity contribution in [2.45, 2.75) is 38.3 Å². The third-order valence-electron chi connectivity index (χ3n) is 4.06. The van der Waals surface area contributed by atoms with E-state index >= 15 is 0 Å². The Hall–Kier alpha value is -0.930. The average molecular weight is 250 g/mol. The number of hydrogen-bond acceptors (Lipinski definition) is 2. The average Bonchev–Trinajstić information content (AvgIpc) is 3.19. The van der Waals surface area contributed by atoms with Crippen LogP contribution in [0.1, 0.15) is 37.8 Å². The first-order valence-corrected chi connectivity index (χ1v) is 6.80. The van der Waals surface area contributed by atoms with Crippen LogP contribution in [0.5, 0.6) is 0 Å². The van der Waals surface area contributed by atoms with Crippen molar-refractivity contribution in [2.75, 3.05) is 13.6 Å². The maximum Gasteiger partial charge on any atom is 0.127 e. The Labute approximate surface area is 109 Å². The first-order chi connectivity index (χ1) is 8.59. The number of rotatable bonds is 6. The fourth-order valence-electron chi connectivity index (χ4n) is 2.36. The molecule has 18 heavy (non-hydrogen) atoms. The van der Waals surface area contributed by atoms with Gasteiger partial charge in [0.1, 0.15) is 5.82 Å². The van der Waals surface area contributed by atoms with Gasteiger partial charge in [-0.15, -0.1) is 0 Å². The van der Waals surface area contributed by atoms with Crippen LogP contribution in [0.4, 0.5) is 4.39 Å². The van der Waals surface area contributed by atoms with Crippen molar-refractivity contribution in [3.05, 3.63) is 35.6 Å². The fourth-order valence-corrected chi connectivity index (χ4v) is 2.36. The molecular weight excluding hydrogens is 227 g/mol. The van der Waals surface area contributed by atoms with Gasteiger partial charge < -0.3 is 5.73 Å². The van der Waals surface area contributed by atoms with E-state index in [1.807, 2.05) is 26.1 Å². The lowest BCUT2D eigenvalue weighted by Crippen LogP contribution is -2.31. The highest BCUT2D eigenvalue weighted by Gasteiger charge is 2.28. The van der Waals surface area contributed by atoms with Gasteiger partial charge >= 0.3 is 0 Å². The summed E-state index contributed by atoms with van der Waals surface area (Å²) in [6, 6.07) is 7.41. The van der Waals surface area contributed by atoms with Crippen LogP contribution in [-0.4, -0.2) is 24.5 Å². The van der Waals surface area contributed by atoms with E-state index < -0.39 is 0 Å². The van der Waals surface area contributed by atoms with Crippen LogP contribution in [-0.2, 0) is 0 Å². The van der Waals surface area contributed by atoms with Gasteiger partial charge in [-0.2, -0.15) is 0 Å². The van der Waals surface area contributed by atoms with Gasteiger partial charge in [0.2, 0.25) is 0 Å². The molecule has 1 fully saturated rings. The number of nitrogens with zero attached hydrogens (tertiary/aromatic N) is 1. The Kier molecular flexibility index (Phi) is 4.36. The van der Waals surface area contributed by atoms with Crippen molar-refractivity contribution in [1.82, 2.24) is 4.90 Å². The Bertz CT molecular complexity index is 390. The Balaban J connectivity index is 1.87. The molecule has 2 rings (SSSR count). The second-order valence-corrected chi connectivity index (χ2v) is 5.47. The molecule has 3 heteroatoms. The first kappa shape index (κ1) is 13.5. The molecule has 0 aromatic heterocycles. The standard InChI is InChI=1S/C15H23FN2/c1-11(13-5-3-4-6-14(13)16)18(2)10-9-15(17)12-7-8-12/h3-6,11-12,15H,7-10,17H2,1-2H3. The summed E-state index contributed by atoms with van der Waals surface area (Å²) >= 11 is 0. The number of hydrogen-bond donors (Lipinski definition) is 1. The summed E-state index contributed by atoms with van der Waals surface area (Å²) in [5.74, 6) is 0.616. The molecule has 0 aliphatic heterocycles. The topological polar surface area (TPSA) is 29.3 Å². The summed E-state index contributed by atoms with van der Waals surface area (Å²) in [4.78, 5) is 2.18. The van der Waals surface area contributed by atoms with Crippen molar-refractivity contribution in [3.63, 3.8) is 0 Å². The smallest absolute Gasteiger partial charge is 0.127 e. The molecule has 100 valence electrons. The summed E-state index contributed by atoms with van der Waals surface area (Å²) in [7, 11) is 2.04. The predicted molar refractivity (Wildman–Crippen MR) is 72.8 cm³/mol. The first-order valence-electron chi connectivity index (χ1n) is 6.80. The van der Waals surface area contributed by atoms with E-state index in [0.29, 0.717) is 6.04 Å². The van der Waals surface area contributed by atoms with Crippen LogP contribution in [0.3, 0.4) is 0 Å². The van der Waals surface area contributed by atoms with E-state index in [1.165, 1.54) is 18.9 Å². The summed E-state index contributed by atoms with van der Waals surface area (Å²) in [6.07, 6.45) is 3.57. The Morgan fingerprint density at radius 2 is 2.06 bits per heavy atom. The second kappa shape index (κ2) is 5.81. The maximum atomic E-state index is 13.7. The summed E-state index contributed by atoms with van der Waals surface area (Å²) < 4.78 is 13.7. The van der Waals surface area contributed by atoms with Gasteiger partial charge in [0.15, 0.2) is 0 Å². The van der Waals surface area contributed by atoms with Crippen LogP contribution in [0.15, 0.2) is 24.3 Å². The van der Waals surface area contributed by atoms with Gasteiger partial charge in [0.25, 0.3) is 0 Å². The molecule has 1 saturated carbocycles. The summed E-state index contributed by atoms with van der Waals surface area (Å²) in [5.41, 5.74) is 6.86. The van der Waals surface area contributed by atoms with Gasteiger partial charge in [-0.25, -0.2) is 4.39 Å².